The molecule has 1 aliphatic rings. The van der Waals surface area contributed by atoms with Crippen molar-refractivity contribution in [3.05, 3.63) is 27.8 Å². The zero-order valence-corrected chi connectivity index (χ0v) is 13.0. The smallest absolute Gasteiger partial charge is 0.315 e. The first kappa shape index (κ1) is 16.1. The Morgan fingerprint density at radius 2 is 2.05 bits per heavy atom. The van der Waals surface area contributed by atoms with E-state index in [4.69, 9.17) is 4.74 Å². The first-order valence-corrected chi connectivity index (χ1v) is 7.31. The molecule has 0 saturated carbocycles. The molecule has 120 valence electrons. The van der Waals surface area contributed by atoms with Gasteiger partial charge in [0.1, 0.15) is 0 Å². The van der Waals surface area contributed by atoms with Crippen LogP contribution in [-0.2, 0) is 0 Å². The molecule has 1 aliphatic heterocycles. The van der Waals surface area contributed by atoms with Crippen molar-refractivity contribution in [3.63, 3.8) is 0 Å². The van der Waals surface area contributed by atoms with Crippen LogP contribution in [0.25, 0.3) is 0 Å². The minimum absolute atomic E-state index is 0.0652. The van der Waals surface area contributed by atoms with Crippen LogP contribution >= 0.6 is 0 Å². The molecular weight excluding hydrogens is 286 g/mol. The zero-order chi connectivity index (χ0) is 16.3. The molecule has 1 N–H and O–H groups in total. The van der Waals surface area contributed by atoms with Crippen molar-refractivity contribution >= 4 is 11.9 Å². The minimum atomic E-state index is -0.638. The van der Waals surface area contributed by atoms with E-state index in [1.165, 1.54) is 25.7 Å². The van der Waals surface area contributed by atoms with Gasteiger partial charge >= 0.3 is 5.69 Å². The van der Waals surface area contributed by atoms with E-state index in [0.29, 0.717) is 17.6 Å². The first-order chi connectivity index (χ1) is 10.4. The van der Waals surface area contributed by atoms with Crippen LogP contribution in [0.15, 0.2) is 17.2 Å². The standard InChI is InChI=1S/C15H21N3O4/c1-10-5-4-6-11(2)17(10)16-9-12-7-13(18(20)21)15(19)14(8-12)22-3/h7-11,19H,4-6H2,1-3H3/b16-9+/t10-,11-/m1/s1. The van der Waals surface area contributed by atoms with Crippen LogP contribution in [0.5, 0.6) is 11.5 Å². The summed E-state index contributed by atoms with van der Waals surface area (Å²) in [7, 11) is 1.36. The summed E-state index contributed by atoms with van der Waals surface area (Å²) in [5.74, 6) is -0.403. The lowest BCUT2D eigenvalue weighted by molar-refractivity contribution is -0.386. The molecule has 0 unspecified atom stereocenters. The molecule has 1 aromatic carbocycles. The van der Waals surface area contributed by atoms with Crippen molar-refractivity contribution in [2.75, 3.05) is 7.11 Å². The number of nitrogens with zero attached hydrogens (tertiary/aromatic N) is 3. The number of hydrogen-bond donors (Lipinski definition) is 1. The number of piperidine rings is 1. The van der Waals surface area contributed by atoms with Gasteiger partial charge in [-0.1, -0.05) is 0 Å². The second kappa shape index (κ2) is 6.64. The number of ether oxygens (including phenoxy) is 1. The van der Waals surface area contributed by atoms with Crippen LogP contribution in [0.1, 0.15) is 38.7 Å². The van der Waals surface area contributed by atoms with E-state index in [9.17, 15) is 15.2 Å². The van der Waals surface area contributed by atoms with E-state index >= 15 is 0 Å². The van der Waals surface area contributed by atoms with Crippen LogP contribution in [0.2, 0.25) is 0 Å². The molecule has 1 heterocycles. The summed E-state index contributed by atoms with van der Waals surface area (Å²) < 4.78 is 4.98. The number of rotatable bonds is 4. The number of methoxy groups -OCH3 is 1. The van der Waals surface area contributed by atoms with E-state index < -0.39 is 10.7 Å². The molecule has 7 heteroatoms. The van der Waals surface area contributed by atoms with Gasteiger partial charge in [-0.3, -0.25) is 15.1 Å². The topological polar surface area (TPSA) is 88.2 Å². The van der Waals surface area contributed by atoms with E-state index in [-0.39, 0.29) is 11.4 Å². The lowest BCUT2D eigenvalue weighted by Gasteiger charge is -2.36. The molecule has 0 aromatic heterocycles. The maximum absolute atomic E-state index is 11.0. The summed E-state index contributed by atoms with van der Waals surface area (Å²) in [6.45, 7) is 4.24. The fourth-order valence-electron chi connectivity index (χ4n) is 2.75. The molecule has 1 aromatic rings. The molecule has 0 spiro atoms. The Hall–Kier alpha value is -2.31. The number of phenols is 1. The summed E-state index contributed by atoms with van der Waals surface area (Å²) in [4.78, 5) is 10.3. The second-order valence-electron chi connectivity index (χ2n) is 5.60. The highest BCUT2D eigenvalue weighted by Crippen LogP contribution is 2.36. The van der Waals surface area contributed by atoms with Crippen LogP contribution in [0, 0.1) is 10.1 Å². The molecule has 2 atom stereocenters. The molecule has 0 amide bonds. The Kier molecular flexibility index (Phi) is 4.85. The van der Waals surface area contributed by atoms with E-state index in [0.717, 1.165) is 12.8 Å². The number of benzene rings is 1. The minimum Gasteiger partial charge on any atom is -0.500 e. The average Bonchev–Trinajstić information content (AvgIpc) is 2.47. The highest BCUT2D eigenvalue weighted by molar-refractivity contribution is 5.83. The van der Waals surface area contributed by atoms with E-state index in [1.807, 2.05) is 5.01 Å². The predicted molar refractivity (Wildman–Crippen MR) is 83.5 cm³/mol. The summed E-state index contributed by atoms with van der Waals surface area (Å²) >= 11 is 0. The lowest BCUT2D eigenvalue weighted by Crippen LogP contribution is -2.39. The number of hydrogen-bond acceptors (Lipinski definition) is 6. The van der Waals surface area contributed by atoms with Crippen molar-refractivity contribution in [2.45, 2.75) is 45.2 Å². The molecule has 0 aliphatic carbocycles. The molecule has 22 heavy (non-hydrogen) atoms. The Balaban J connectivity index is 2.30. The molecule has 1 saturated heterocycles. The third-order valence-corrected chi connectivity index (χ3v) is 3.98. The third-order valence-electron chi connectivity index (χ3n) is 3.98. The van der Waals surface area contributed by atoms with Crippen molar-refractivity contribution in [3.8, 4) is 11.5 Å². The normalized spacial score (nSPS) is 22.0. The number of nitro benzene ring substituents is 1. The van der Waals surface area contributed by atoms with E-state index in [2.05, 4.69) is 18.9 Å². The zero-order valence-electron chi connectivity index (χ0n) is 13.0. The van der Waals surface area contributed by atoms with E-state index in [1.54, 1.807) is 6.21 Å². The monoisotopic (exact) mass is 307 g/mol. The highest BCUT2D eigenvalue weighted by Gasteiger charge is 2.23. The fourth-order valence-corrected chi connectivity index (χ4v) is 2.75. The van der Waals surface area contributed by atoms with Crippen molar-refractivity contribution in [1.82, 2.24) is 5.01 Å². The fraction of sp³-hybridized carbons (Fsp3) is 0.533. The molecule has 7 nitrogen and oxygen atoms in total. The lowest BCUT2D eigenvalue weighted by atomic mass is 10.00. The first-order valence-electron chi connectivity index (χ1n) is 7.31. The van der Waals surface area contributed by atoms with Gasteiger partial charge in [0.25, 0.3) is 0 Å². The number of phenolic OH excluding ortho intramolecular Hbond substituents is 1. The highest BCUT2D eigenvalue weighted by atomic mass is 16.6. The summed E-state index contributed by atoms with van der Waals surface area (Å²) in [5.41, 5.74) is 0.131. The van der Waals surface area contributed by atoms with Crippen molar-refractivity contribution in [1.29, 1.82) is 0 Å². The van der Waals surface area contributed by atoms with Crippen LogP contribution < -0.4 is 4.74 Å². The Labute approximate surface area is 129 Å². The van der Waals surface area contributed by atoms with Crippen LogP contribution in [0.4, 0.5) is 5.69 Å². The van der Waals surface area contributed by atoms with Gasteiger partial charge in [0.2, 0.25) is 5.75 Å². The average molecular weight is 307 g/mol. The second-order valence-corrected chi connectivity index (χ2v) is 5.60. The number of aromatic hydroxyl groups is 1. The third kappa shape index (κ3) is 3.29. The SMILES string of the molecule is COc1cc(/C=N/N2[C@H](C)CCC[C@H]2C)cc([N+](=O)[O-])c1O. The Morgan fingerprint density at radius 1 is 1.41 bits per heavy atom. The van der Waals surface area contributed by atoms with Gasteiger partial charge in [-0.2, -0.15) is 5.10 Å². The predicted octanol–water partition coefficient (Wildman–Crippen LogP) is 2.91. The van der Waals surface area contributed by atoms with Gasteiger partial charge in [0.15, 0.2) is 5.75 Å². The van der Waals surface area contributed by atoms with Crippen LogP contribution in [-0.4, -0.2) is 40.4 Å². The van der Waals surface area contributed by atoms with Crippen molar-refractivity contribution in [2.24, 2.45) is 5.10 Å². The maximum Gasteiger partial charge on any atom is 0.315 e. The molecule has 1 fully saturated rings. The molecule has 0 radical (unpaired) electrons. The van der Waals surface area contributed by atoms with Gasteiger partial charge in [0.05, 0.1) is 18.2 Å². The van der Waals surface area contributed by atoms with Gasteiger partial charge in [-0.15, -0.1) is 0 Å². The largest absolute Gasteiger partial charge is 0.500 e. The number of hydrazone groups is 1. The van der Waals surface area contributed by atoms with Gasteiger partial charge in [0, 0.05) is 23.7 Å². The molecular formula is C15H21N3O4. The van der Waals surface area contributed by atoms with Gasteiger partial charge in [-0.25, -0.2) is 0 Å². The molecule has 2 rings (SSSR count). The summed E-state index contributed by atoms with van der Waals surface area (Å²) in [6.07, 6.45) is 4.93. The molecule has 0 bridgehead atoms. The maximum atomic E-state index is 11.0. The van der Waals surface area contributed by atoms with Crippen LogP contribution in [0.3, 0.4) is 0 Å². The Morgan fingerprint density at radius 3 is 2.59 bits per heavy atom. The van der Waals surface area contributed by atoms with Gasteiger partial charge in [-0.05, 0) is 39.2 Å². The van der Waals surface area contributed by atoms with Gasteiger partial charge < -0.3 is 9.84 Å². The van der Waals surface area contributed by atoms with Crippen molar-refractivity contribution < 1.29 is 14.8 Å². The summed E-state index contributed by atoms with van der Waals surface area (Å²) in [5, 5.41) is 27.2. The number of nitro groups is 1. The Bertz CT molecular complexity index is 578. The quantitative estimate of drug-likeness (QED) is 0.525. The summed E-state index contributed by atoms with van der Waals surface area (Å²) in [6, 6.07) is 3.51.